The predicted molar refractivity (Wildman–Crippen MR) is 97.2 cm³/mol. The maximum Gasteiger partial charge on any atom is 0.301 e. The highest BCUT2D eigenvalue weighted by Crippen LogP contribution is 2.33. The van der Waals surface area contributed by atoms with E-state index in [1.165, 1.54) is 7.11 Å². The maximum absolute atomic E-state index is 12.8. The number of rotatable bonds is 5. The molecular formula is C20H19NO5. The third-order valence-corrected chi connectivity index (χ3v) is 3.89. The number of benzene rings is 2. The molecule has 1 N–H and O–H groups in total. The lowest BCUT2D eigenvalue weighted by Gasteiger charge is -2.15. The van der Waals surface area contributed by atoms with E-state index in [0.29, 0.717) is 22.7 Å². The molecular weight excluding hydrogens is 334 g/mol. The van der Waals surface area contributed by atoms with Gasteiger partial charge in [-0.05, 0) is 43.7 Å². The molecule has 6 heteroatoms. The van der Waals surface area contributed by atoms with Crippen molar-refractivity contribution in [3.8, 4) is 11.5 Å². The fourth-order valence-corrected chi connectivity index (χ4v) is 2.73. The molecule has 2 aromatic carbocycles. The van der Waals surface area contributed by atoms with Crippen molar-refractivity contribution in [3.05, 3.63) is 59.9 Å². The summed E-state index contributed by atoms with van der Waals surface area (Å²) in [4.78, 5) is 26.2. The van der Waals surface area contributed by atoms with Gasteiger partial charge in [0.2, 0.25) is 0 Å². The Bertz CT molecular complexity index is 883. The van der Waals surface area contributed by atoms with Crippen LogP contribution in [0, 0.1) is 0 Å². The number of nitrogens with zero attached hydrogens (tertiary/aromatic N) is 1. The number of imide groups is 1. The number of ether oxygens (including phenoxy) is 2. The second-order valence-electron chi connectivity index (χ2n) is 6.06. The number of carbonyl (C=O) groups is 2. The van der Waals surface area contributed by atoms with Crippen LogP contribution >= 0.6 is 0 Å². The zero-order chi connectivity index (χ0) is 18.8. The zero-order valence-electron chi connectivity index (χ0n) is 14.7. The van der Waals surface area contributed by atoms with Gasteiger partial charge < -0.3 is 14.6 Å². The molecule has 0 spiro atoms. The number of amides is 2. The van der Waals surface area contributed by atoms with E-state index in [9.17, 15) is 14.7 Å². The first kappa shape index (κ1) is 17.5. The first-order chi connectivity index (χ1) is 12.4. The fraction of sp³-hybridized carbons (Fsp3) is 0.200. The Morgan fingerprint density at radius 1 is 0.962 bits per heavy atom. The van der Waals surface area contributed by atoms with Gasteiger partial charge in [0.15, 0.2) is 5.76 Å². The highest BCUT2D eigenvalue weighted by Gasteiger charge is 2.40. The second-order valence-corrected chi connectivity index (χ2v) is 6.06. The number of aliphatic hydroxyl groups excluding tert-OH is 1. The van der Waals surface area contributed by atoms with Crippen LogP contribution in [0.25, 0.3) is 5.57 Å². The Morgan fingerprint density at radius 2 is 1.65 bits per heavy atom. The monoisotopic (exact) mass is 353 g/mol. The molecule has 2 aromatic rings. The molecule has 1 aliphatic heterocycles. The van der Waals surface area contributed by atoms with Crippen LogP contribution in [0.15, 0.2) is 54.3 Å². The van der Waals surface area contributed by atoms with Crippen LogP contribution in [-0.4, -0.2) is 30.1 Å². The molecule has 2 amide bonds. The first-order valence-corrected chi connectivity index (χ1v) is 8.15. The minimum atomic E-state index is -0.763. The van der Waals surface area contributed by atoms with Gasteiger partial charge in [-0.25, -0.2) is 4.90 Å². The highest BCUT2D eigenvalue weighted by atomic mass is 16.5. The molecule has 3 rings (SSSR count). The molecule has 0 saturated heterocycles. The van der Waals surface area contributed by atoms with Crippen molar-refractivity contribution in [2.75, 3.05) is 12.0 Å². The number of aliphatic hydroxyl groups is 1. The average molecular weight is 353 g/mol. The van der Waals surface area contributed by atoms with E-state index in [4.69, 9.17) is 9.47 Å². The van der Waals surface area contributed by atoms with E-state index >= 15 is 0 Å². The Morgan fingerprint density at radius 3 is 2.27 bits per heavy atom. The molecule has 0 fully saturated rings. The lowest BCUT2D eigenvalue weighted by atomic mass is 10.1. The van der Waals surface area contributed by atoms with Gasteiger partial charge in [-0.3, -0.25) is 9.59 Å². The van der Waals surface area contributed by atoms with Gasteiger partial charge in [0.05, 0.1) is 24.5 Å². The van der Waals surface area contributed by atoms with E-state index < -0.39 is 17.6 Å². The molecule has 1 heterocycles. The summed E-state index contributed by atoms with van der Waals surface area (Å²) in [6.07, 6.45) is 0.0201. The summed E-state index contributed by atoms with van der Waals surface area (Å²) in [7, 11) is 1.49. The molecule has 1 aliphatic rings. The Balaban J connectivity index is 1.93. The molecule has 0 saturated carbocycles. The van der Waals surface area contributed by atoms with Gasteiger partial charge in [-0.2, -0.15) is 0 Å². The van der Waals surface area contributed by atoms with Crippen molar-refractivity contribution in [3.63, 3.8) is 0 Å². The summed E-state index contributed by atoms with van der Waals surface area (Å²) in [5, 5.41) is 10.3. The molecule has 0 radical (unpaired) electrons. The molecule has 6 nitrogen and oxygen atoms in total. The van der Waals surface area contributed by atoms with Gasteiger partial charge in [-0.15, -0.1) is 0 Å². The van der Waals surface area contributed by atoms with Crippen molar-refractivity contribution >= 4 is 23.1 Å². The Labute approximate surface area is 151 Å². The molecule has 0 atom stereocenters. The van der Waals surface area contributed by atoms with Crippen LogP contribution in [0.2, 0.25) is 0 Å². The highest BCUT2D eigenvalue weighted by molar-refractivity contribution is 6.44. The van der Waals surface area contributed by atoms with Crippen molar-refractivity contribution in [2.45, 2.75) is 20.0 Å². The van der Waals surface area contributed by atoms with Crippen LogP contribution in [0.1, 0.15) is 19.4 Å². The summed E-state index contributed by atoms with van der Waals surface area (Å²) in [5.41, 5.74) is 0.747. The number of hydrogen-bond acceptors (Lipinski definition) is 5. The quantitative estimate of drug-likeness (QED) is 0.835. The number of methoxy groups -OCH3 is 1. The van der Waals surface area contributed by atoms with Crippen LogP contribution in [0.3, 0.4) is 0 Å². The van der Waals surface area contributed by atoms with Crippen LogP contribution in [-0.2, 0) is 9.59 Å². The summed E-state index contributed by atoms with van der Waals surface area (Å²) < 4.78 is 10.7. The molecule has 134 valence electrons. The Kier molecular flexibility index (Phi) is 4.67. The largest absolute Gasteiger partial charge is 0.502 e. The van der Waals surface area contributed by atoms with Gasteiger partial charge in [0, 0.05) is 6.07 Å². The summed E-state index contributed by atoms with van der Waals surface area (Å²) in [6, 6.07) is 13.2. The first-order valence-electron chi connectivity index (χ1n) is 8.15. The number of hydrogen-bond donors (Lipinski definition) is 1. The van der Waals surface area contributed by atoms with Crippen molar-refractivity contribution in [2.24, 2.45) is 0 Å². The SMILES string of the molecule is COc1cccc(N2C(=O)C(O)=C(c3ccc(OC(C)C)cc3)C2=O)c1. The molecule has 26 heavy (non-hydrogen) atoms. The van der Waals surface area contributed by atoms with E-state index in [-0.39, 0.29) is 11.7 Å². The minimum Gasteiger partial charge on any atom is -0.502 e. The van der Waals surface area contributed by atoms with Crippen LogP contribution in [0.5, 0.6) is 11.5 Å². The summed E-state index contributed by atoms with van der Waals surface area (Å²) in [5.74, 6) is -0.772. The summed E-state index contributed by atoms with van der Waals surface area (Å²) in [6.45, 7) is 3.82. The van der Waals surface area contributed by atoms with Crippen molar-refractivity contribution < 1.29 is 24.2 Å². The van der Waals surface area contributed by atoms with Gasteiger partial charge in [0.25, 0.3) is 5.91 Å². The van der Waals surface area contributed by atoms with E-state index in [2.05, 4.69) is 0 Å². The van der Waals surface area contributed by atoms with Crippen LogP contribution < -0.4 is 14.4 Å². The standard InChI is InChI=1S/C20H19NO5/c1-12(2)26-15-9-7-13(8-10-15)17-18(22)20(24)21(19(17)23)14-5-4-6-16(11-14)25-3/h4-12,22H,1-3H3. The second kappa shape index (κ2) is 6.92. The lowest BCUT2D eigenvalue weighted by molar-refractivity contribution is -0.121. The third kappa shape index (κ3) is 3.13. The normalized spacial score (nSPS) is 14.4. The van der Waals surface area contributed by atoms with Gasteiger partial charge in [-0.1, -0.05) is 18.2 Å². The average Bonchev–Trinajstić information content (AvgIpc) is 2.84. The molecule has 0 bridgehead atoms. The minimum absolute atomic E-state index is 0.0201. The van der Waals surface area contributed by atoms with Crippen molar-refractivity contribution in [1.82, 2.24) is 0 Å². The van der Waals surface area contributed by atoms with Gasteiger partial charge in [0.1, 0.15) is 11.5 Å². The van der Waals surface area contributed by atoms with E-state index in [0.717, 1.165) is 4.90 Å². The fourth-order valence-electron chi connectivity index (χ4n) is 2.73. The van der Waals surface area contributed by atoms with Crippen LogP contribution in [0.4, 0.5) is 5.69 Å². The predicted octanol–water partition coefficient (Wildman–Crippen LogP) is 3.32. The topological polar surface area (TPSA) is 76.1 Å². The van der Waals surface area contributed by atoms with E-state index in [1.54, 1.807) is 48.5 Å². The van der Waals surface area contributed by atoms with Gasteiger partial charge >= 0.3 is 5.91 Å². The molecule has 0 aliphatic carbocycles. The van der Waals surface area contributed by atoms with Crippen molar-refractivity contribution in [1.29, 1.82) is 0 Å². The maximum atomic E-state index is 12.8. The molecule has 0 aromatic heterocycles. The Hall–Kier alpha value is -3.28. The lowest BCUT2D eigenvalue weighted by Crippen LogP contribution is -2.31. The zero-order valence-corrected chi connectivity index (χ0v) is 14.7. The summed E-state index contributed by atoms with van der Waals surface area (Å²) >= 11 is 0. The smallest absolute Gasteiger partial charge is 0.301 e. The van der Waals surface area contributed by atoms with E-state index in [1.807, 2.05) is 13.8 Å². The number of carbonyl (C=O) groups excluding carboxylic acids is 2. The number of anilines is 1. The molecule has 0 unspecified atom stereocenters. The third-order valence-electron chi connectivity index (χ3n) is 3.89.